The Kier molecular flexibility index (Phi) is 2.98. The monoisotopic (exact) mass is 281 g/mol. The molecule has 0 fully saturated rings. The summed E-state index contributed by atoms with van der Waals surface area (Å²) >= 11 is 3.34. The number of carbonyl (C=O) groups is 1. The molecule has 1 aromatic carbocycles. The van der Waals surface area contributed by atoms with Gasteiger partial charge in [-0.2, -0.15) is 0 Å². The Morgan fingerprint density at radius 3 is 3.06 bits per heavy atom. The van der Waals surface area contributed by atoms with Crippen LogP contribution in [-0.4, -0.2) is 18.5 Å². The van der Waals surface area contributed by atoms with Crippen LogP contribution in [0.3, 0.4) is 0 Å². The number of fused-ring (bicyclic) bond motifs is 1. The molecule has 7 heteroatoms. The number of nitrogens with one attached hydrogen (secondary N) is 2. The molecule has 16 heavy (non-hydrogen) atoms. The van der Waals surface area contributed by atoms with Crippen LogP contribution in [0.2, 0.25) is 0 Å². The first kappa shape index (κ1) is 10.8. The average molecular weight is 282 g/mol. The number of amides is 1. The van der Waals surface area contributed by atoms with Gasteiger partial charge in [0.25, 0.3) is 0 Å². The second kappa shape index (κ2) is 4.42. The Morgan fingerprint density at radius 1 is 1.50 bits per heavy atom. The molecule has 1 atom stereocenters. The van der Waals surface area contributed by atoms with Gasteiger partial charge in [-0.3, -0.25) is 4.79 Å². The van der Waals surface area contributed by atoms with Crippen molar-refractivity contribution in [2.45, 2.75) is 6.04 Å². The van der Waals surface area contributed by atoms with Crippen molar-refractivity contribution in [2.75, 3.05) is 17.2 Å². The van der Waals surface area contributed by atoms with Crippen molar-refractivity contribution < 1.29 is 4.79 Å². The zero-order valence-corrected chi connectivity index (χ0v) is 9.73. The number of azide groups is 1. The molecule has 0 aliphatic carbocycles. The number of hydrogen-bond donors (Lipinski definition) is 2. The number of halogens is 1. The highest BCUT2D eigenvalue weighted by Crippen LogP contribution is 2.29. The highest BCUT2D eigenvalue weighted by Gasteiger charge is 2.24. The zero-order valence-electron chi connectivity index (χ0n) is 8.14. The number of benzene rings is 1. The molecule has 0 spiro atoms. The lowest BCUT2D eigenvalue weighted by atomic mass is 10.1. The van der Waals surface area contributed by atoms with E-state index in [2.05, 4.69) is 36.6 Å². The lowest BCUT2D eigenvalue weighted by molar-refractivity contribution is -0.116. The third-order valence-corrected chi connectivity index (χ3v) is 2.71. The summed E-state index contributed by atoms with van der Waals surface area (Å²) in [6, 6.07) is 4.98. The minimum Gasteiger partial charge on any atom is -0.372 e. The highest BCUT2D eigenvalue weighted by molar-refractivity contribution is 9.10. The summed E-state index contributed by atoms with van der Waals surface area (Å²) in [6.45, 7) is 0.0916. The predicted octanol–water partition coefficient (Wildman–Crippen LogP) is 2.49. The van der Waals surface area contributed by atoms with Gasteiger partial charge < -0.3 is 10.6 Å². The van der Waals surface area contributed by atoms with Crippen molar-refractivity contribution in [3.05, 3.63) is 33.1 Å². The average Bonchev–Trinajstić information content (AvgIpc) is 2.27. The summed E-state index contributed by atoms with van der Waals surface area (Å²) in [5, 5.41) is 9.14. The lowest BCUT2D eigenvalue weighted by Crippen LogP contribution is -2.40. The van der Waals surface area contributed by atoms with Crippen LogP contribution in [-0.2, 0) is 4.79 Å². The Hall–Kier alpha value is -1.72. The van der Waals surface area contributed by atoms with Gasteiger partial charge >= 0.3 is 0 Å². The van der Waals surface area contributed by atoms with Crippen molar-refractivity contribution in [1.29, 1.82) is 0 Å². The Labute approximate surface area is 99.8 Å². The summed E-state index contributed by atoms with van der Waals surface area (Å²) in [5.41, 5.74) is 9.75. The van der Waals surface area contributed by atoms with Crippen molar-refractivity contribution in [2.24, 2.45) is 5.11 Å². The molecule has 0 bridgehead atoms. The third-order valence-electron chi connectivity index (χ3n) is 2.21. The van der Waals surface area contributed by atoms with Gasteiger partial charge in [0.1, 0.15) is 6.04 Å². The van der Waals surface area contributed by atoms with Crippen LogP contribution in [0.25, 0.3) is 10.4 Å². The highest BCUT2D eigenvalue weighted by atomic mass is 79.9. The topological polar surface area (TPSA) is 89.9 Å². The fourth-order valence-corrected chi connectivity index (χ4v) is 1.83. The molecule has 0 aromatic heterocycles. The van der Waals surface area contributed by atoms with E-state index in [1.165, 1.54) is 0 Å². The standard InChI is InChI=1S/C9H8BrN5O/c10-5-1-2-6-7(3-5)13-8(4-12-15-11)9(16)14-6/h1-3,8,13H,4H2,(H,14,16)/t8-/m1/s1. The molecule has 2 N–H and O–H groups in total. The number of nitrogens with zero attached hydrogens (tertiary/aromatic N) is 3. The van der Waals surface area contributed by atoms with Gasteiger partial charge in [0.15, 0.2) is 0 Å². The number of carbonyl (C=O) groups excluding carboxylic acids is 1. The number of hydrogen-bond acceptors (Lipinski definition) is 3. The van der Waals surface area contributed by atoms with Crippen LogP contribution < -0.4 is 10.6 Å². The zero-order chi connectivity index (χ0) is 11.5. The van der Waals surface area contributed by atoms with E-state index in [1.807, 2.05) is 12.1 Å². The van der Waals surface area contributed by atoms with Crippen LogP contribution in [0.4, 0.5) is 11.4 Å². The third kappa shape index (κ3) is 2.10. The van der Waals surface area contributed by atoms with E-state index in [0.717, 1.165) is 15.8 Å². The molecule has 6 nitrogen and oxygen atoms in total. The molecule has 1 aromatic rings. The minimum atomic E-state index is -0.516. The normalized spacial score (nSPS) is 17.8. The van der Waals surface area contributed by atoms with Crippen molar-refractivity contribution in [1.82, 2.24) is 0 Å². The maximum absolute atomic E-state index is 11.6. The SMILES string of the molecule is [N-]=[N+]=NC[C@H]1Nc2cc(Br)ccc2NC1=O. The van der Waals surface area contributed by atoms with Gasteiger partial charge in [-0.05, 0) is 23.7 Å². The Morgan fingerprint density at radius 2 is 2.31 bits per heavy atom. The smallest absolute Gasteiger partial charge is 0.247 e. The lowest BCUT2D eigenvalue weighted by Gasteiger charge is -2.25. The molecule has 1 amide bonds. The largest absolute Gasteiger partial charge is 0.372 e. The summed E-state index contributed by atoms with van der Waals surface area (Å²) in [5.74, 6) is -0.192. The minimum absolute atomic E-state index is 0.0916. The summed E-state index contributed by atoms with van der Waals surface area (Å²) in [7, 11) is 0. The molecular formula is C9H8BrN5O. The quantitative estimate of drug-likeness (QED) is 0.495. The van der Waals surface area contributed by atoms with Crippen LogP contribution in [0.1, 0.15) is 0 Å². The van der Waals surface area contributed by atoms with Crippen LogP contribution in [0, 0.1) is 0 Å². The Balaban J connectivity index is 2.25. The first-order valence-electron chi connectivity index (χ1n) is 4.58. The molecule has 0 unspecified atom stereocenters. The number of rotatable bonds is 2. The van der Waals surface area contributed by atoms with E-state index < -0.39 is 6.04 Å². The molecule has 0 saturated carbocycles. The van der Waals surface area contributed by atoms with Crippen molar-refractivity contribution in [3.63, 3.8) is 0 Å². The first-order chi connectivity index (χ1) is 7.70. The second-order valence-electron chi connectivity index (χ2n) is 3.29. The van der Waals surface area contributed by atoms with E-state index in [4.69, 9.17) is 5.53 Å². The summed E-state index contributed by atoms with van der Waals surface area (Å²) in [4.78, 5) is 14.2. The van der Waals surface area contributed by atoms with Gasteiger partial charge in [0.2, 0.25) is 5.91 Å². The maximum Gasteiger partial charge on any atom is 0.247 e. The first-order valence-corrected chi connectivity index (χ1v) is 5.38. The van der Waals surface area contributed by atoms with Crippen molar-refractivity contribution in [3.8, 4) is 0 Å². The predicted molar refractivity (Wildman–Crippen MR) is 64.2 cm³/mol. The van der Waals surface area contributed by atoms with Gasteiger partial charge in [0.05, 0.1) is 17.9 Å². The van der Waals surface area contributed by atoms with Crippen LogP contribution in [0.5, 0.6) is 0 Å². The molecule has 1 heterocycles. The number of anilines is 2. The van der Waals surface area contributed by atoms with Crippen LogP contribution >= 0.6 is 15.9 Å². The molecule has 2 rings (SSSR count). The van der Waals surface area contributed by atoms with Crippen molar-refractivity contribution >= 4 is 33.2 Å². The van der Waals surface area contributed by atoms with E-state index in [0.29, 0.717) is 0 Å². The Bertz CT molecular complexity index is 483. The summed E-state index contributed by atoms with van der Waals surface area (Å²) < 4.78 is 0.914. The van der Waals surface area contributed by atoms with E-state index in [9.17, 15) is 4.79 Å². The molecule has 0 saturated heterocycles. The van der Waals surface area contributed by atoms with Gasteiger partial charge in [0, 0.05) is 9.38 Å². The fourth-order valence-electron chi connectivity index (χ4n) is 1.46. The van der Waals surface area contributed by atoms with Gasteiger partial charge in [-0.1, -0.05) is 21.0 Å². The molecule has 0 radical (unpaired) electrons. The van der Waals surface area contributed by atoms with Gasteiger partial charge in [-0.25, -0.2) is 0 Å². The second-order valence-corrected chi connectivity index (χ2v) is 4.21. The molecule has 1 aliphatic rings. The fraction of sp³-hybridized carbons (Fsp3) is 0.222. The van der Waals surface area contributed by atoms with E-state index >= 15 is 0 Å². The maximum atomic E-state index is 11.6. The van der Waals surface area contributed by atoms with E-state index in [1.54, 1.807) is 6.07 Å². The van der Waals surface area contributed by atoms with Crippen LogP contribution in [0.15, 0.2) is 27.8 Å². The molecule has 82 valence electrons. The summed E-state index contributed by atoms with van der Waals surface area (Å²) in [6.07, 6.45) is 0. The molecule has 1 aliphatic heterocycles. The van der Waals surface area contributed by atoms with E-state index in [-0.39, 0.29) is 12.5 Å². The molecular weight excluding hydrogens is 274 g/mol. The van der Waals surface area contributed by atoms with Gasteiger partial charge in [-0.15, -0.1) is 0 Å².